The Morgan fingerprint density at radius 1 is 1.38 bits per heavy atom. The molecule has 1 fully saturated rings. The minimum absolute atomic E-state index is 0.00829. The van der Waals surface area contributed by atoms with Crippen LogP contribution in [0.1, 0.15) is 34.3 Å². The Morgan fingerprint density at radius 3 is 2.92 bits per heavy atom. The summed E-state index contributed by atoms with van der Waals surface area (Å²) in [6.07, 6.45) is 3.12. The minimum atomic E-state index is 0.00829. The largest absolute Gasteiger partial charge is 0.366 e. The Balaban J connectivity index is 2.17. The Bertz CT molecular complexity index is 378. The highest BCUT2D eigenvalue weighted by Gasteiger charge is 2.50. The molecule has 0 aromatic heterocycles. The summed E-state index contributed by atoms with van der Waals surface area (Å²) in [5.74, 6) is 0. The third kappa shape index (κ3) is 0.893. The van der Waals surface area contributed by atoms with Crippen LogP contribution < -0.4 is 0 Å². The lowest BCUT2D eigenvalue weighted by Gasteiger charge is -2.06. The number of hydrogen-bond acceptors (Lipinski definition) is 2. The van der Waals surface area contributed by atoms with Crippen molar-refractivity contribution in [3.8, 4) is 0 Å². The van der Waals surface area contributed by atoms with Gasteiger partial charge in [0, 0.05) is 5.56 Å². The molecule has 3 rings (SSSR count). The zero-order valence-electron chi connectivity index (χ0n) is 7.25. The normalized spacial score (nSPS) is 21.5. The van der Waals surface area contributed by atoms with E-state index >= 15 is 0 Å². The molecular formula is C11H10O2. The quantitative estimate of drug-likeness (QED) is 0.609. The van der Waals surface area contributed by atoms with Gasteiger partial charge in [0.2, 0.25) is 0 Å². The van der Waals surface area contributed by atoms with Crippen LogP contribution in [-0.4, -0.2) is 6.29 Å². The molecule has 1 aliphatic carbocycles. The maximum Gasteiger partial charge on any atom is 0.150 e. The molecule has 1 saturated carbocycles. The number of carbonyl (C=O) groups is 1. The average molecular weight is 174 g/mol. The third-order valence-corrected chi connectivity index (χ3v) is 2.97. The first-order chi connectivity index (χ1) is 6.34. The molecule has 0 radical (unpaired) electrons. The summed E-state index contributed by atoms with van der Waals surface area (Å²) in [4.78, 5) is 10.6. The van der Waals surface area contributed by atoms with Crippen LogP contribution in [0.3, 0.4) is 0 Å². The molecule has 0 atom stereocenters. The van der Waals surface area contributed by atoms with Gasteiger partial charge in [0.15, 0.2) is 0 Å². The number of rotatable bonds is 1. The van der Waals surface area contributed by atoms with Crippen molar-refractivity contribution in [3.05, 3.63) is 34.9 Å². The van der Waals surface area contributed by atoms with Crippen LogP contribution in [0.15, 0.2) is 18.2 Å². The summed E-state index contributed by atoms with van der Waals surface area (Å²) in [5.41, 5.74) is 3.27. The average Bonchev–Trinajstić information content (AvgIpc) is 2.86. The van der Waals surface area contributed by atoms with Crippen molar-refractivity contribution in [2.24, 2.45) is 0 Å². The van der Waals surface area contributed by atoms with Gasteiger partial charge < -0.3 is 4.74 Å². The van der Waals surface area contributed by atoms with Crippen LogP contribution in [0.5, 0.6) is 0 Å². The van der Waals surface area contributed by atoms with Gasteiger partial charge in [0.1, 0.15) is 6.29 Å². The van der Waals surface area contributed by atoms with Gasteiger partial charge in [-0.2, -0.15) is 0 Å². The second kappa shape index (κ2) is 2.20. The number of carbonyl (C=O) groups excluding carboxylic acids is 1. The molecule has 0 unspecified atom stereocenters. The van der Waals surface area contributed by atoms with Crippen LogP contribution in [0.4, 0.5) is 0 Å². The van der Waals surface area contributed by atoms with E-state index in [9.17, 15) is 4.79 Å². The first-order valence-corrected chi connectivity index (χ1v) is 4.57. The highest BCUT2D eigenvalue weighted by Crippen LogP contribution is 2.54. The minimum Gasteiger partial charge on any atom is -0.366 e. The fourth-order valence-corrected chi connectivity index (χ4v) is 2.04. The first kappa shape index (κ1) is 7.27. The molecule has 2 nitrogen and oxygen atoms in total. The Morgan fingerprint density at radius 2 is 2.23 bits per heavy atom. The smallest absolute Gasteiger partial charge is 0.150 e. The third-order valence-electron chi connectivity index (χ3n) is 2.97. The molecule has 1 aromatic carbocycles. The maximum absolute atomic E-state index is 10.6. The second-order valence-electron chi connectivity index (χ2n) is 3.82. The van der Waals surface area contributed by atoms with E-state index in [4.69, 9.17) is 4.74 Å². The lowest BCUT2D eigenvalue weighted by molar-refractivity contribution is 0.0442. The van der Waals surface area contributed by atoms with Gasteiger partial charge in [0.05, 0.1) is 12.2 Å². The first-order valence-electron chi connectivity index (χ1n) is 4.57. The van der Waals surface area contributed by atoms with Gasteiger partial charge in [-0.1, -0.05) is 12.1 Å². The number of ether oxygens (including phenoxy) is 1. The predicted molar refractivity (Wildman–Crippen MR) is 47.5 cm³/mol. The maximum atomic E-state index is 10.6. The fraction of sp³-hybridized carbons (Fsp3) is 0.364. The molecule has 1 aromatic rings. The van der Waals surface area contributed by atoms with Crippen molar-refractivity contribution in [2.75, 3.05) is 0 Å². The number of fused-ring (bicyclic) bond motifs is 2. The van der Waals surface area contributed by atoms with E-state index in [2.05, 4.69) is 0 Å². The molecule has 0 amide bonds. The van der Waals surface area contributed by atoms with Gasteiger partial charge in [-0.3, -0.25) is 4.79 Å². The van der Waals surface area contributed by atoms with Crippen molar-refractivity contribution in [1.29, 1.82) is 0 Å². The lowest BCUT2D eigenvalue weighted by atomic mass is 10.0. The highest BCUT2D eigenvalue weighted by atomic mass is 16.5. The molecule has 13 heavy (non-hydrogen) atoms. The van der Waals surface area contributed by atoms with E-state index in [0.717, 1.165) is 24.7 Å². The molecule has 2 heteroatoms. The van der Waals surface area contributed by atoms with Crippen LogP contribution >= 0.6 is 0 Å². The van der Waals surface area contributed by atoms with Crippen LogP contribution in [-0.2, 0) is 16.9 Å². The van der Waals surface area contributed by atoms with E-state index in [1.165, 1.54) is 11.1 Å². The Labute approximate surface area is 76.5 Å². The standard InChI is InChI=1S/C11H10O2/c12-6-8-1-2-9-7-13-11(3-4-11)10(9)5-8/h1-2,5-6H,3-4,7H2. The number of benzene rings is 1. The zero-order chi connectivity index (χ0) is 8.89. The zero-order valence-corrected chi connectivity index (χ0v) is 7.25. The van der Waals surface area contributed by atoms with E-state index in [1.54, 1.807) is 0 Å². The van der Waals surface area contributed by atoms with E-state index in [-0.39, 0.29) is 5.60 Å². The van der Waals surface area contributed by atoms with Gasteiger partial charge in [-0.15, -0.1) is 0 Å². The van der Waals surface area contributed by atoms with Crippen LogP contribution in [0.25, 0.3) is 0 Å². The van der Waals surface area contributed by atoms with Gasteiger partial charge in [-0.05, 0) is 30.0 Å². The molecular weight excluding hydrogens is 164 g/mol. The monoisotopic (exact) mass is 174 g/mol. The molecule has 1 aliphatic heterocycles. The Hall–Kier alpha value is -1.15. The summed E-state index contributed by atoms with van der Waals surface area (Å²) in [7, 11) is 0. The van der Waals surface area contributed by atoms with Crippen molar-refractivity contribution in [3.63, 3.8) is 0 Å². The van der Waals surface area contributed by atoms with E-state index in [0.29, 0.717) is 6.61 Å². The second-order valence-corrected chi connectivity index (χ2v) is 3.82. The predicted octanol–water partition coefficient (Wildman–Crippen LogP) is 2.02. The SMILES string of the molecule is O=Cc1ccc2c(c1)C1(CC1)OC2. The molecule has 66 valence electrons. The topological polar surface area (TPSA) is 26.3 Å². The highest BCUT2D eigenvalue weighted by molar-refractivity contribution is 5.75. The summed E-state index contributed by atoms with van der Waals surface area (Å²) >= 11 is 0. The molecule has 0 N–H and O–H groups in total. The number of aldehydes is 1. The molecule has 1 spiro atoms. The van der Waals surface area contributed by atoms with Crippen molar-refractivity contribution >= 4 is 6.29 Å². The summed E-state index contributed by atoms with van der Waals surface area (Å²) < 4.78 is 5.71. The summed E-state index contributed by atoms with van der Waals surface area (Å²) in [6.45, 7) is 0.717. The molecule has 2 aliphatic rings. The van der Waals surface area contributed by atoms with Gasteiger partial charge >= 0.3 is 0 Å². The lowest BCUT2D eigenvalue weighted by Crippen LogP contribution is -2.02. The Kier molecular flexibility index (Phi) is 1.23. The summed E-state index contributed by atoms with van der Waals surface area (Å²) in [6, 6.07) is 5.84. The molecule has 1 heterocycles. The van der Waals surface area contributed by atoms with E-state index in [1.807, 2.05) is 18.2 Å². The number of hydrogen-bond donors (Lipinski definition) is 0. The summed E-state index contributed by atoms with van der Waals surface area (Å²) in [5, 5.41) is 0. The van der Waals surface area contributed by atoms with Crippen molar-refractivity contribution < 1.29 is 9.53 Å². The molecule has 0 bridgehead atoms. The van der Waals surface area contributed by atoms with E-state index < -0.39 is 0 Å². The van der Waals surface area contributed by atoms with Crippen LogP contribution in [0.2, 0.25) is 0 Å². The van der Waals surface area contributed by atoms with Crippen molar-refractivity contribution in [1.82, 2.24) is 0 Å². The molecule has 0 saturated heterocycles. The van der Waals surface area contributed by atoms with Crippen molar-refractivity contribution in [2.45, 2.75) is 25.0 Å². The van der Waals surface area contributed by atoms with Gasteiger partial charge in [-0.25, -0.2) is 0 Å². The van der Waals surface area contributed by atoms with Gasteiger partial charge in [0.25, 0.3) is 0 Å². The fourth-order valence-electron chi connectivity index (χ4n) is 2.04. The van der Waals surface area contributed by atoms with Crippen LogP contribution in [0, 0.1) is 0 Å².